The Balaban J connectivity index is 2.33. The first kappa shape index (κ1) is 9.76. The summed E-state index contributed by atoms with van der Waals surface area (Å²) in [5, 5.41) is 2.56. The van der Waals surface area contributed by atoms with E-state index in [1.807, 2.05) is 0 Å². The third kappa shape index (κ3) is 1.86. The van der Waals surface area contributed by atoms with Crippen LogP contribution in [0.4, 0.5) is 9.18 Å². The predicted molar refractivity (Wildman–Crippen MR) is 50.2 cm³/mol. The van der Waals surface area contributed by atoms with Gasteiger partial charge in [-0.15, -0.1) is 0 Å². The van der Waals surface area contributed by atoms with Gasteiger partial charge in [-0.25, -0.2) is 9.18 Å². The number of nitrogens with one attached hydrogen (secondary N) is 1. The minimum absolute atomic E-state index is 0.193. The molecule has 4 nitrogen and oxygen atoms in total. The van der Waals surface area contributed by atoms with Crippen LogP contribution in [-0.2, 0) is 4.74 Å². The van der Waals surface area contributed by atoms with Crippen LogP contribution in [0.15, 0.2) is 18.2 Å². The van der Waals surface area contributed by atoms with Crippen molar-refractivity contribution in [2.75, 3.05) is 13.7 Å². The number of halogens is 1. The number of amides is 1. The molecule has 0 aliphatic carbocycles. The van der Waals surface area contributed by atoms with Crippen LogP contribution in [-0.4, -0.2) is 19.8 Å². The predicted octanol–water partition coefficient (Wildman–Crippen LogP) is 1.62. The lowest BCUT2D eigenvalue weighted by molar-refractivity contribution is 0.177. The zero-order valence-corrected chi connectivity index (χ0v) is 8.12. The molecule has 15 heavy (non-hydrogen) atoms. The summed E-state index contributed by atoms with van der Waals surface area (Å²) in [6.07, 6.45) is -0.494. The van der Waals surface area contributed by atoms with Gasteiger partial charge in [0.15, 0.2) is 0 Å². The normalized spacial score (nSPS) is 19.6. The first-order chi connectivity index (χ1) is 7.20. The molecule has 0 aromatic heterocycles. The Labute approximate surface area is 86.0 Å². The Hall–Kier alpha value is -1.78. The molecule has 5 heteroatoms. The van der Waals surface area contributed by atoms with E-state index in [1.165, 1.54) is 25.3 Å². The number of methoxy groups -OCH3 is 1. The second-order valence-corrected chi connectivity index (χ2v) is 3.18. The first-order valence-corrected chi connectivity index (χ1v) is 4.47. The lowest BCUT2D eigenvalue weighted by Crippen LogP contribution is -2.19. The molecule has 1 amide bonds. The molecule has 1 fully saturated rings. The molecule has 2 rings (SSSR count). The smallest absolute Gasteiger partial charge is 0.407 e. The lowest BCUT2D eigenvalue weighted by atomic mass is 10.1. The molecule has 0 radical (unpaired) electrons. The van der Waals surface area contributed by atoms with Crippen molar-refractivity contribution in [1.29, 1.82) is 0 Å². The molecule has 1 aromatic carbocycles. The van der Waals surface area contributed by atoms with Crippen molar-refractivity contribution in [3.63, 3.8) is 0 Å². The molecule has 1 saturated heterocycles. The molecule has 0 spiro atoms. The summed E-state index contributed by atoms with van der Waals surface area (Å²) in [6.45, 7) is 0.193. The van der Waals surface area contributed by atoms with Crippen molar-refractivity contribution in [1.82, 2.24) is 5.32 Å². The number of ether oxygens (including phenoxy) is 2. The third-order valence-electron chi connectivity index (χ3n) is 2.24. The number of benzene rings is 1. The van der Waals surface area contributed by atoms with E-state index in [2.05, 4.69) is 5.32 Å². The number of carbonyl (C=O) groups is 1. The van der Waals surface area contributed by atoms with Crippen LogP contribution in [0.5, 0.6) is 5.75 Å². The van der Waals surface area contributed by atoms with Gasteiger partial charge in [0.1, 0.15) is 18.2 Å². The van der Waals surface area contributed by atoms with E-state index in [1.54, 1.807) is 0 Å². The van der Waals surface area contributed by atoms with Gasteiger partial charge >= 0.3 is 6.09 Å². The minimum atomic E-state index is -0.494. The van der Waals surface area contributed by atoms with Crippen LogP contribution in [0, 0.1) is 5.82 Å². The highest BCUT2D eigenvalue weighted by Gasteiger charge is 2.26. The maximum absolute atomic E-state index is 13.0. The van der Waals surface area contributed by atoms with Gasteiger partial charge in [-0.05, 0) is 18.2 Å². The van der Waals surface area contributed by atoms with E-state index in [0.717, 1.165) is 0 Å². The summed E-state index contributed by atoms with van der Waals surface area (Å²) in [6, 6.07) is 3.82. The van der Waals surface area contributed by atoms with Crippen molar-refractivity contribution >= 4 is 6.09 Å². The fourth-order valence-electron chi connectivity index (χ4n) is 1.53. The average molecular weight is 211 g/mol. The van der Waals surface area contributed by atoms with E-state index >= 15 is 0 Å². The number of alkyl carbamates (subject to hydrolysis) is 1. The lowest BCUT2D eigenvalue weighted by Gasteiger charge is -2.12. The first-order valence-electron chi connectivity index (χ1n) is 4.47. The number of hydrogen-bond donors (Lipinski definition) is 1. The molecule has 1 N–H and O–H groups in total. The zero-order valence-electron chi connectivity index (χ0n) is 8.12. The minimum Gasteiger partial charge on any atom is -0.496 e. The van der Waals surface area contributed by atoms with Crippen molar-refractivity contribution < 1.29 is 18.7 Å². The van der Waals surface area contributed by atoms with Crippen LogP contribution < -0.4 is 10.1 Å². The molecule has 1 unspecified atom stereocenters. The molecule has 1 aliphatic rings. The van der Waals surface area contributed by atoms with Crippen molar-refractivity contribution in [3.05, 3.63) is 29.6 Å². The molecule has 0 saturated carbocycles. The summed E-state index contributed by atoms with van der Waals surface area (Å²) in [7, 11) is 1.49. The van der Waals surface area contributed by atoms with Gasteiger partial charge in [-0.1, -0.05) is 0 Å². The standard InChI is InChI=1S/C10H10FNO3/c1-14-9-3-2-6(11)4-7(9)8-5-15-10(13)12-8/h2-4,8H,5H2,1H3,(H,12,13). The number of carbonyl (C=O) groups excluding carboxylic acids is 1. The van der Waals surface area contributed by atoms with Crippen LogP contribution in [0.2, 0.25) is 0 Å². The Morgan fingerprint density at radius 2 is 2.40 bits per heavy atom. The summed E-state index contributed by atoms with van der Waals surface area (Å²) in [5.74, 6) is 0.166. The van der Waals surface area contributed by atoms with Gasteiger partial charge in [0.05, 0.1) is 13.2 Å². The maximum Gasteiger partial charge on any atom is 0.407 e. The van der Waals surface area contributed by atoms with Gasteiger partial charge in [-0.3, -0.25) is 0 Å². The Bertz CT molecular complexity index is 394. The van der Waals surface area contributed by atoms with Crippen LogP contribution in [0.25, 0.3) is 0 Å². The SMILES string of the molecule is COc1ccc(F)cc1C1COC(=O)N1. The van der Waals surface area contributed by atoms with E-state index in [9.17, 15) is 9.18 Å². The van der Waals surface area contributed by atoms with E-state index in [-0.39, 0.29) is 18.5 Å². The van der Waals surface area contributed by atoms with E-state index in [4.69, 9.17) is 9.47 Å². The highest BCUT2D eigenvalue weighted by atomic mass is 19.1. The quantitative estimate of drug-likeness (QED) is 0.808. The highest BCUT2D eigenvalue weighted by molar-refractivity contribution is 5.70. The van der Waals surface area contributed by atoms with Crippen LogP contribution in [0.3, 0.4) is 0 Å². The van der Waals surface area contributed by atoms with Crippen LogP contribution in [0.1, 0.15) is 11.6 Å². The maximum atomic E-state index is 13.0. The Morgan fingerprint density at radius 1 is 1.60 bits per heavy atom. The number of cyclic esters (lactones) is 1. The number of hydrogen-bond acceptors (Lipinski definition) is 3. The van der Waals surface area contributed by atoms with Crippen molar-refractivity contribution in [2.24, 2.45) is 0 Å². The molecule has 1 atom stereocenters. The molecule has 1 aromatic rings. The Kier molecular flexibility index (Phi) is 2.45. The molecule has 80 valence electrons. The summed E-state index contributed by atoms with van der Waals surface area (Å²) >= 11 is 0. The molecule has 1 aliphatic heterocycles. The fraction of sp³-hybridized carbons (Fsp3) is 0.300. The summed E-state index contributed by atoms with van der Waals surface area (Å²) in [4.78, 5) is 10.8. The van der Waals surface area contributed by atoms with Gasteiger partial charge in [0.25, 0.3) is 0 Å². The van der Waals surface area contributed by atoms with Gasteiger partial charge in [0.2, 0.25) is 0 Å². The zero-order chi connectivity index (χ0) is 10.8. The van der Waals surface area contributed by atoms with Gasteiger partial charge in [-0.2, -0.15) is 0 Å². The molecule has 1 heterocycles. The summed E-state index contributed by atoms with van der Waals surface area (Å²) < 4.78 is 22.8. The largest absolute Gasteiger partial charge is 0.496 e. The van der Waals surface area contributed by atoms with Crippen molar-refractivity contribution in [2.45, 2.75) is 6.04 Å². The monoisotopic (exact) mass is 211 g/mol. The van der Waals surface area contributed by atoms with Gasteiger partial charge in [0, 0.05) is 5.56 Å². The number of rotatable bonds is 2. The van der Waals surface area contributed by atoms with E-state index in [0.29, 0.717) is 11.3 Å². The average Bonchev–Trinajstić information content (AvgIpc) is 2.65. The second kappa shape index (κ2) is 3.76. The fourth-order valence-corrected chi connectivity index (χ4v) is 1.53. The highest BCUT2D eigenvalue weighted by Crippen LogP contribution is 2.28. The molecular formula is C10H10FNO3. The second-order valence-electron chi connectivity index (χ2n) is 3.18. The van der Waals surface area contributed by atoms with E-state index < -0.39 is 6.09 Å². The molecule has 0 bridgehead atoms. The third-order valence-corrected chi connectivity index (χ3v) is 2.24. The Morgan fingerprint density at radius 3 is 3.00 bits per heavy atom. The van der Waals surface area contributed by atoms with Gasteiger partial charge < -0.3 is 14.8 Å². The van der Waals surface area contributed by atoms with Crippen LogP contribution >= 0.6 is 0 Å². The summed E-state index contributed by atoms with van der Waals surface area (Å²) in [5.41, 5.74) is 0.586. The topological polar surface area (TPSA) is 47.6 Å². The van der Waals surface area contributed by atoms with Crippen molar-refractivity contribution in [3.8, 4) is 5.75 Å². The molecular weight excluding hydrogens is 201 g/mol.